The van der Waals surface area contributed by atoms with Crippen molar-refractivity contribution < 1.29 is 40.5 Å². The molecule has 0 heterocycles. The van der Waals surface area contributed by atoms with Crippen LogP contribution in [-0.4, -0.2) is 20.2 Å². The van der Waals surface area contributed by atoms with Gasteiger partial charge in [-0.05, 0) is 0 Å². The van der Waals surface area contributed by atoms with Crippen molar-refractivity contribution in [3.63, 3.8) is 0 Å². The number of methoxy groups -OCH3 is 1. The van der Waals surface area contributed by atoms with E-state index in [0.717, 1.165) is 5.56 Å². The molecule has 0 saturated carbocycles. The van der Waals surface area contributed by atoms with E-state index in [-0.39, 0.29) is 27.2 Å². The summed E-state index contributed by atoms with van der Waals surface area (Å²) in [7, 11) is 2.89. The fourth-order valence-corrected chi connectivity index (χ4v) is 4.27. The van der Waals surface area contributed by atoms with Crippen LogP contribution < -0.4 is 21.2 Å². The van der Waals surface area contributed by atoms with E-state index in [1.165, 1.54) is 21.4 Å². The number of benzene rings is 2. The number of esters is 1. The number of carbonyl (C=O) groups is 1. The number of carbonyl (C=O) groups excluding carboxylic acids is 1. The molecule has 0 saturated heterocycles. The van der Waals surface area contributed by atoms with Gasteiger partial charge in [0.2, 0.25) is 0 Å². The van der Waals surface area contributed by atoms with E-state index in [1.54, 1.807) is 6.07 Å². The first-order valence-corrected chi connectivity index (χ1v) is 8.46. The minimum atomic E-state index is -0.356. The van der Waals surface area contributed by atoms with E-state index in [1.807, 2.05) is 30.3 Å². The van der Waals surface area contributed by atoms with Crippen molar-refractivity contribution in [2.45, 2.75) is 6.61 Å². The number of hydrogen-bond donors (Lipinski definition) is 0. The van der Waals surface area contributed by atoms with Crippen LogP contribution in [0.25, 0.3) is 0 Å². The third-order valence-corrected chi connectivity index (χ3v) is 5.28. The minimum absolute atomic E-state index is 0.303. The molecular formula is C16H16IO4-. The molecule has 5 heteroatoms. The molecule has 0 amide bonds. The van der Waals surface area contributed by atoms with Gasteiger partial charge in [-0.15, -0.1) is 0 Å². The fraction of sp³-hybridized carbons (Fsp3) is 0.188. The second kappa shape index (κ2) is 8.11. The molecule has 0 spiro atoms. The van der Waals surface area contributed by atoms with Crippen LogP contribution in [0.1, 0.15) is 15.9 Å². The molecule has 0 aliphatic rings. The molecule has 112 valence electrons. The van der Waals surface area contributed by atoms with E-state index >= 15 is 0 Å². The summed E-state index contributed by atoms with van der Waals surface area (Å²) in [6, 6.07) is 15.8. The summed E-state index contributed by atoms with van der Waals surface area (Å²) in [5.41, 5.74) is 1.66. The molecule has 0 aliphatic heterocycles. The van der Waals surface area contributed by atoms with Gasteiger partial charge in [-0.2, -0.15) is 0 Å². The molecule has 4 nitrogen and oxygen atoms in total. The van der Waals surface area contributed by atoms with Crippen LogP contribution in [0.5, 0.6) is 0 Å². The van der Waals surface area contributed by atoms with Crippen molar-refractivity contribution in [3.8, 4) is 0 Å². The first-order chi connectivity index (χ1) is 10.2. The molecule has 0 fully saturated rings. The summed E-state index contributed by atoms with van der Waals surface area (Å²) in [6.07, 6.45) is 0. The molecule has 0 atom stereocenters. The van der Waals surface area contributed by atoms with Gasteiger partial charge < -0.3 is 0 Å². The van der Waals surface area contributed by atoms with Gasteiger partial charge in [0, 0.05) is 0 Å². The number of halogens is 1. The van der Waals surface area contributed by atoms with Gasteiger partial charge >= 0.3 is 134 Å². The Bertz CT molecular complexity index is 613. The van der Waals surface area contributed by atoms with Crippen molar-refractivity contribution in [2.75, 3.05) is 14.2 Å². The van der Waals surface area contributed by atoms with Crippen LogP contribution in [0, 0.1) is 7.14 Å². The Labute approximate surface area is 134 Å². The van der Waals surface area contributed by atoms with Crippen molar-refractivity contribution in [1.29, 1.82) is 0 Å². The predicted molar refractivity (Wildman–Crippen MR) is 73.4 cm³/mol. The quantitative estimate of drug-likeness (QED) is 0.289. The monoisotopic (exact) mass is 399 g/mol. The van der Waals surface area contributed by atoms with E-state index in [2.05, 4.69) is 17.0 Å². The zero-order chi connectivity index (χ0) is 15.1. The van der Waals surface area contributed by atoms with Crippen LogP contribution >= 0.6 is 0 Å². The molecule has 2 aromatic rings. The zero-order valence-electron chi connectivity index (χ0n) is 11.8. The van der Waals surface area contributed by atoms with E-state index in [4.69, 9.17) is 9.62 Å². The van der Waals surface area contributed by atoms with Gasteiger partial charge in [0.1, 0.15) is 0 Å². The van der Waals surface area contributed by atoms with E-state index < -0.39 is 0 Å². The molecule has 21 heavy (non-hydrogen) atoms. The van der Waals surface area contributed by atoms with Crippen LogP contribution in [-0.2, 0) is 21.1 Å². The van der Waals surface area contributed by atoms with Gasteiger partial charge in [-0.1, -0.05) is 0 Å². The Kier molecular flexibility index (Phi) is 6.16. The molecule has 0 radical (unpaired) electrons. The first kappa shape index (κ1) is 15.9. The molecule has 2 rings (SSSR count). The third-order valence-electron chi connectivity index (χ3n) is 2.70. The normalized spacial score (nSPS) is 10.6. The fourth-order valence-electron chi connectivity index (χ4n) is 1.73. The van der Waals surface area contributed by atoms with Crippen molar-refractivity contribution in [3.05, 3.63) is 66.8 Å². The summed E-state index contributed by atoms with van der Waals surface area (Å²) < 4.78 is 7.17. The maximum atomic E-state index is 11.6. The molecular weight excluding hydrogens is 383 g/mol. The molecule has 0 N–H and O–H groups in total. The summed E-state index contributed by atoms with van der Waals surface area (Å²) in [6.45, 7) is 0.427. The van der Waals surface area contributed by atoms with Crippen molar-refractivity contribution in [2.24, 2.45) is 0 Å². The Balaban J connectivity index is 2.12. The second-order valence-corrected chi connectivity index (χ2v) is 7.19. The average molecular weight is 399 g/mol. The number of hydrogen-bond acceptors (Lipinski definition) is 4. The van der Waals surface area contributed by atoms with Gasteiger partial charge in [-0.3, -0.25) is 0 Å². The Morgan fingerprint density at radius 1 is 1.05 bits per heavy atom. The SMILES string of the molecule is COOCc1cccc([I-]c2cccc(C(=O)OC)c2)c1. The van der Waals surface area contributed by atoms with Crippen LogP contribution in [0.2, 0.25) is 0 Å². The standard InChI is InChI=1S/C16H16IO4/c1-19-16(18)13-6-4-8-15(10-13)17-14-7-3-5-12(9-14)11-21-20-2/h3-10H,11H2,1-2H3/q-1. The number of ether oxygens (including phenoxy) is 1. The average Bonchev–Trinajstić information content (AvgIpc) is 2.53. The van der Waals surface area contributed by atoms with Gasteiger partial charge in [0.15, 0.2) is 0 Å². The van der Waals surface area contributed by atoms with Crippen molar-refractivity contribution >= 4 is 5.97 Å². The topological polar surface area (TPSA) is 44.8 Å². The predicted octanol–water partition coefficient (Wildman–Crippen LogP) is -0.320. The second-order valence-electron chi connectivity index (χ2n) is 4.16. The van der Waals surface area contributed by atoms with Crippen LogP contribution in [0.15, 0.2) is 48.5 Å². The van der Waals surface area contributed by atoms with Crippen molar-refractivity contribution in [1.82, 2.24) is 0 Å². The first-order valence-electron chi connectivity index (χ1n) is 6.30. The molecule has 0 aromatic heterocycles. The molecule has 0 unspecified atom stereocenters. The van der Waals surface area contributed by atoms with Gasteiger partial charge in [0.25, 0.3) is 0 Å². The Morgan fingerprint density at radius 2 is 1.76 bits per heavy atom. The summed E-state index contributed by atoms with van der Waals surface area (Å²) in [4.78, 5) is 21.1. The number of rotatable bonds is 6. The Morgan fingerprint density at radius 3 is 2.48 bits per heavy atom. The third kappa shape index (κ3) is 4.80. The molecule has 0 bridgehead atoms. The summed E-state index contributed by atoms with van der Waals surface area (Å²) in [5, 5.41) is 0. The molecule has 0 aliphatic carbocycles. The maximum absolute atomic E-state index is 11.6. The molecule has 2 aromatic carbocycles. The van der Waals surface area contributed by atoms with Gasteiger partial charge in [-0.25, -0.2) is 0 Å². The summed E-state index contributed by atoms with van der Waals surface area (Å²) in [5.74, 6) is -0.303. The zero-order valence-corrected chi connectivity index (χ0v) is 14.0. The van der Waals surface area contributed by atoms with Gasteiger partial charge in [0.05, 0.1) is 0 Å². The van der Waals surface area contributed by atoms with Crippen LogP contribution in [0.3, 0.4) is 0 Å². The van der Waals surface area contributed by atoms with E-state index in [0.29, 0.717) is 12.2 Å². The van der Waals surface area contributed by atoms with Crippen LogP contribution in [0.4, 0.5) is 0 Å². The Hall–Kier alpha value is -1.44. The van der Waals surface area contributed by atoms with E-state index in [9.17, 15) is 4.79 Å². The summed E-state index contributed by atoms with van der Waals surface area (Å²) >= 11 is -0.356.